The molecule has 0 bridgehead atoms. The Labute approximate surface area is 75.1 Å². The molecule has 64 valence electrons. The van der Waals surface area contributed by atoms with Gasteiger partial charge in [-0.2, -0.15) is 0 Å². The lowest BCUT2D eigenvalue weighted by Gasteiger charge is -2.03. The molecule has 0 aromatic heterocycles. The second-order valence-corrected chi connectivity index (χ2v) is 2.83. The van der Waals surface area contributed by atoms with Crippen LogP contribution in [0.15, 0.2) is 23.1 Å². The van der Waals surface area contributed by atoms with Gasteiger partial charge in [0.1, 0.15) is 5.75 Å². The maximum Gasteiger partial charge on any atom is 0.308 e. The van der Waals surface area contributed by atoms with E-state index in [2.05, 4.69) is 12.6 Å². The van der Waals surface area contributed by atoms with Crippen LogP contribution >= 0.6 is 12.6 Å². The summed E-state index contributed by atoms with van der Waals surface area (Å²) in [6.45, 7) is 0. The Morgan fingerprint density at radius 1 is 1.50 bits per heavy atom. The van der Waals surface area contributed by atoms with Crippen LogP contribution in [-0.4, -0.2) is 16.2 Å². The largest absolute Gasteiger partial charge is 0.508 e. The van der Waals surface area contributed by atoms with E-state index < -0.39 is 5.97 Å². The van der Waals surface area contributed by atoms with Crippen LogP contribution in [-0.2, 0) is 11.2 Å². The van der Waals surface area contributed by atoms with E-state index in [1.165, 1.54) is 6.07 Å². The molecule has 1 rings (SSSR count). The fourth-order valence-electron chi connectivity index (χ4n) is 0.895. The summed E-state index contributed by atoms with van der Waals surface area (Å²) in [7, 11) is 0. The maximum atomic E-state index is 10.3. The van der Waals surface area contributed by atoms with Crippen LogP contribution in [0.5, 0.6) is 5.75 Å². The highest BCUT2D eigenvalue weighted by Gasteiger charge is 2.08. The molecular weight excluding hydrogens is 176 g/mol. The summed E-state index contributed by atoms with van der Waals surface area (Å²) >= 11 is 4.02. The summed E-state index contributed by atoms with van der Waals surface area (Å²) in [6, 6.07) is 4.70. The van der Waals surface area contributed by atoms with Crippen molar-refractivity contribution in [2.75, 3.05) is 0 Å². The monoisotopic (exact) mass is 184 g/mol. The van der Waals surface area contributed by atoms with Crippen molar-refractivity contribution < 1.29 is 15.0 Å². The number of benzene rings is 1. The number of phenolic OH excluding ortho intramolecular Hbond substituents is 1. The normalized spacial score (nSPS) is 9.75. The van der Waals surface area contributed by atoms with Crippen LogP contribution in [0.2, 0.25) is 0 Å². The molecule has 3 nitrogen and oxygen atoms in total. The van der Waals surface area contributed by atoms with E-state index in [9.17, 15) is 9.90 Å². The molecule has 4 heteroatoms. The molecule has 0 aliphatic carbocycles. The predicted octanol–water partition coefficient (Wildman–Crippen LogP) is 1.31. The van der Waals surface area contributed by atoms with Crippen LogP contribution < -0.4 is 0 Å². The third kappa shape index (κ3) is 1.92. The van der Waals surface area contributed by atoms with E-state index >= 15 is 0 Å². The van der Waals surface area contributed by atoms with Gasteiger partial charge >= 0.3 is 5.97 Å². The smallest absolute Gasteiger partial charge is 0.308 e. The van der Waals surface area contributed by atoms with Gasteiger partial charge in [-0.15, -0.1) is 12.6 Å². The number of hydrogen-bond acceptors (Lipinski definition) is 3. The van der Waals surface area contributed by atoms with Gasteiger partial charge in [-0.25, -0.2) is 0 Å². The fraction of sp³-hybridized carbons (Fsp3) is 0.125. The highest BCUT2D eigenvalue weighted by atomic mass is 32.1. The average Bonchev–Trinajstić information content (AvgIpc) is 1.97. The molecule has 12 heavy (non-hydrogen) atoms. The number of hydrogen-bond donors (Lipinski definition) is 3. The average molecular weight is 184 g/mol. The molecule has 2 N–H and O–H groups in total. The number of aromatic hydroxyl groups is 1. The Kier molecular flexibility index (Phi) is 2.60. The van der Waals surface area contributed by atoms with Crippen molar-refractivity contribution in [2.45, 2.75) is 11.3 Å². The molecule has 0 saturated carbocycles. The summed E-state index contributed by atoms with van der Waals surface area (Å²) in [6.07, 6.45) is -0.203. The lowest BCUT2D eigenvalue weighted by molar-refractivity contribution is -0.136. The molecule has 0 unspecified atom stereocenters. The third-order valence-corrected chi connectivity index (χ3v) is 1.87. The quantitative estimate of drug-likeness (QED) is 0.607. The van der Waals surface area contributed by atoms with Crippen LogP contribution in [0.4, 0.5) is 0 Å². The minimum Gasteiger partial charge on any atom is -0.508 e. The van der Waals surface area contributed by atoms with Gasteiger partial charge in [-0.05, 0) is 12.1 Å². The Bertz CT molecular complexity index is 289. The molecule has 0 heterocycles. The van der Waals surface area contributed by atoms with Crippen LogP contribution in [0.3, 0.4) is 0 Å². The van der Waals surface area contributed by atoms with Gasteiger partial charge < -0.3 is 10.2 Å². The van der Waals surface area contributed by atoms with Crippen LogP contribution in [0.25, 0.3) is 0 Å². The van der Waals surface area contributed by atoms with Crippen molar-refractivity contribution in [2.24, 2.45) is 0 Å². The first-order valence-electron chi connectivity index (χ1n) is 3.33. The lowest BCUT2D eigenvalue weighted by atomic mass is 10.1. The topological polar surface area (TPSA) is 57.5 Å². The molecule has 1 aromatic carbocycles. The van der Waals surface area contributed by atoms with E-state index in [1.807, 2.05) is 0 Å². The molecular formula is C8H8O3S. The summed E-state index contributed by atoms with van der Waals surface area (Å²) in [4.78, 5) is 10.8. The zero-order valence-electron chi connectivity index (χ0n) is 6.19. The SMILES string of the molecule is O=C(O)Cc1c(O)cccc1S. The number of carbonyl (C=O) groups is 1. The van der Waals surface area contributed by atoms with E-state index in [0.717, 1.165) is 0 Å². The van der Waals surface area contributed by atoms with Gasteiger partial charge in [-0.1, -0.05) is 6.07 Å². The summed E-state index contributed by atoms with van der Waals surface area (Å²) < 4.78 is 0. The number of phenols is 1. The van der Waals surface area contributed by atoms with Gasteiger partial charge in [0.15, 0.2) is 0 Å². The lowest BCUT2D eigenvalue weighted by Crippen LogP contribution is -2.01. The number of carboxylic acids is 1. The Balaban J connectivity index is 3.04. The summed E-state index contributed by atoms with van der Waals surface area (Å²) in [5.74, 6) is -1.00. The minimum absolute atomic E-state index is 0.0232. The molecule has 0 aliphatic rings. The molecule has 0 fully saturated rings. The second kappa shape index (κ2) is 3.49. The van der Waals surface area contributed by atoms with Crippen molar-refractivity contribution in [1.82, 2.24) is 0 Å². The molecule has 0 amide bonds. The number of carboxylic acid groups (broad SMARTS) is 1. The highest BCUT2D eigenvalue weighted by Crippen LogP contribution is 2.23. The standard InChI is InChI=1S/C8H8O3S/c9-6-2-1-3-7(12)5(6)4-8(10)11/h1-3,9,12H,4H2,(H,10,11). The van der Waals surface area contributed by atoms with Crippen LogP contribution in [0, 0.1) is 0 Å². The second-order valence-electron chi connectivity index (χ2n) is 2.35. The van der Waals surface area contributed by atoms with Crippen LogP contribution in [0.1, 0.15) is 5.56 Å². The van der Waals surface area contributed by atoms with Crippen molar-refractivity contribution in [3.8, 4) is 5.75 Å². The molecule has 0 spiro atoms. The third-order valence-electron chi connectivity index (χ3n) is 1.45. The number of thiol groups is 1. The number of rotatable bonds is 2. The van der Waals surface area contributed by atoms with E-state index in [4.69, 9.17) is 5.11 Å². The minimum atomic E-state index is -0.980. The van der Waals surface area contributed by atoms with Gasteiger partial charge in [0, 0.05) is 10.5 Å². The van der Waals surface area contributed by atoms with Gasteiger partial charge in [0.05, 0.1) is 6.42 Å². The zero-order valence-corrected chi connectivity index (χ0v) is 7.08. The Hall–Kier alpha value is -1.16. The van der Waals surface area contributed by atoms with E-state index in [-0.39, 0.29) is 12.2 Å². The van der Waals surface area contributed by atoms with Gasteiger partial charge in [0.2, 0.25) is 0 Å². The molecule has 0 radical (unpaired) electrons. The van der Waals surface area contributed by atoms with E-state index in [0.29, 0.717) is 10.5 Å². The van der Waals surface area contributed by atoms with E-state index in [1.54, 1.807) is 12.1 Å². The molecule has 1 aromatic rings. The highest BCUT2D eigenvalue weighted by molar-refractivity contribution is 7.80. The van der Waals surface area contributed by atoms with Crippen molar-refractivity contribution >= 4 is 18.6 Å². The van der Waals surface area contributed by atoms with Gasteiger partial charge in [-0.3, -0.25) is 4.79 Å². The van der Waals surface area contributed by atoms with Gasteiger partial charge in [0.25, 0.3) is 0 Å². The van der Waals surface area contributed by atoms with Crippen molar-refractivity contribution in [1.29, 1.82) is 0 Å². The van der Waals surface area contributed by atoms with Crippen molar-refractivity contribution in [3.63, 3.8) is 0 Å². The Morgan fingerprint density at radius 2 is 2.17 bits per heavy atom. The molecule has 0 atom stereocenters. The predicted molar refractivity (Wildman–Crippen MR) is 46.7 cm³/mol. The first-order valence-corrected chi connectivity index (χ1v) is 3.77. The zero-order chi connectivity index (χ0) is 9.14. The molecule has 0 aliphatic heterocycles. The number of aliphatic carboxylic acids is 1. The maximum absolute atomic E-state index is 10.3. The first kappa shape index (κ1) is 8.93. The molecule has 0 saturated heterocycles. The fourth-order valence-corrected chi connectivity index (χ4v) is 1.17. The summed E-state index contributed by atoms with van der Waals surface area (Å²) in [5, 5.41) is 17.7. The Morgan fingerprint density at radius 3 is 2.67 bits per heavy atom. The van der Waals surface area contributed by atoms with Crippen molar-refractivity contribution in [3.05, 3.63) is 23.8 Å². The summed E-state index contributed by atoms with van der Waals surface area (Å²) in [5.41, 5.74) is 0.355. The first-order chi connectivity index (χ1) is 5.61.